The molecule has 0 saturated carbocycles. The van der Waals surface area contributed by atoms with Crippen LogP contribution in [0.2, 0.25) is 0 Å². The van der Waals surface area contributed by atoms with Gasteiger partial charge in [0.1, 0.15) is 6.15 Å². The second-order valence-corrected chi connectivity index (χ2v) is 25.6. The molecule has 10 rings (SSSR count). The molecule has 0 unspecified atom stereocenters. The van der Waals surface area contributed by atoms with Crippen LogP contribution in [0.5, 0.6) is 0 Å². The van der Waals surface area contributed by atoms with Crippen molar-refractivity contribution < 1.29 is 19.5 Å². The normalized spacial score (nSPS) is 11.2. The van der Waals surface area contributed by atoms with Crippen LogP contribution in [0.1, 0.15) is 13.8 Å². The predicted octanol–water partition coefficient (Wildman–Crippen LogP) is 13.0. The van der Waals surface area contributed by atoms with Crippen LogP contribution in [0, 0.1) is 5.41 Å². The molecule has 0 aliphatic heterocycles. The van der Waals surface area contributed by atoms with Crippen molar-refractivity contribution in [3.63, 3.8) is 0 Å². The summed E-state index contributed by atoms with van der Waals surface area (Å²) in [6, 6.07) is 111. The fraction of sp³-hybridized carbons (Fsp3) is 0.0870. The summed E-state index contributed by atoms with van der Waals surface area (Å²) in [4.78, 5) is 0. The van der Waals surface area contributed by atoms with E-state index in [9.17, 15) is 0 Å². The molecule has 0 fully saturated rings. The maximum Gasteiger partial charge on any atom is 0.108 e. The number of allylic oxidation sites excluding steroid dienone is 2. The van der Waals surface area contributed by atoms with Crippen LogP contribution in [0.15, 0.2) is 315 Å². The summed E-state index contributed by atoms with van der Waals surface area (Å²) < 4.78 is 0. The monoisotopic (exact) mass is 1130 g/mol. The Bertz CT molecular complexity index is 2670. The van der Waals surface area contributed by atoms with Gasteiger partial charge in [0.05, 0.1) is 0 Å². The molecular formula is C69H65BP3RhS-. The van der Waals surface area contributed by atoms with Crippen LogP contribution in [0.25, 0.3) is 0 Å². The zero-order chi connectivity index (χ0) is 51.1. The molecule has 0 bridgehead atoms. The molecule has 0 atom stereocenters. The van der Waals surface area contributed by atoms with Crippen LogP contribution in [0.3, 0.4) is 0 Å². The molecule has 0 aromatic heterocycles. The first kappa shape index (κ1) is 56.7. The SMILES string of the molecule is C/C=C\C=S.CC(CP(c1ccccc1)c1ccccc1)(CP(c1ccccc1)c1ccccc1)CP(c1ccccc1)c1ccccc1.[Rh].c1ccc([B-](c2ccccc2)(c2ccccc2)c2ccccc2)cc1. The molecule has 0 amide bonds. The van der Waals surface area contributed by atoms with E-state index < -0.39 is 29.9 Å². The van der Waals surface area contributed by atoms with Crippen molar-refractivity contribution in [1.29, 1.82) is 0 Å². The first-order chi connectivity index (χ1) is 36.5. The topological polar surface area (TPSA) is 0 Å². The molecule has 0 aliphatic carbocycles. The van der Waals surface area contributed by atoms with Gasteiger partial charge in [-0.2, -0.15) is 21.9 Å². The van der Waals surface area contributed by atoms with Crippen molar-refractivity contribution >= 4 is 101 Å². The Balaban J connectivity index is 0.000000223. The number of hydrogen-bond donors (Lipinski definition) is 0. The third-order valence-corrected chi connectivity index (χ3v) is 22.4. The van der Waals surface area contributed by atoms with Gasteiger partial charge in [0.2, 0.25) is 0 Å². The van der Waals surface area contributed by atoms with Gasteiger partial charge in [0.15, 0.2) is 0 Å². The minimum absolute atomic E-state index is 0. The summed E-state index contributed by atoms with van der Waals surface area (Å²) in [7, 11) is -1.66. The van der Waals surface area contributed by atoms with Gasteiger partial charge in [0.25, 0.3) is 0 Å². The minimum Gasteiger partial charge on any atom is -0.195 e. The number of rotatable bonds is 17. The fourth-order valence-electron chi connectivity index (χ4n) is 10.1. The van der Waals surface area contributed by atoms with Crippen LogP contribution in [-0.2, 0) is 19.5 Å². The second kappa shape index (κ2) is 29.9. The molecule has 0 heterocycles. The largest absolute Gasteiger partial charge is 0.195 e. The Labute approximate surface area is 470 Å². The summed E-state index contributed by atoms with van der Waals surface area (Å²) in [5.41, 5.74) is 5.43. The zero-order valence-corrected chi connectivity index (χ0v) is 48.0. The number of hydrogen-bond acceptors (Lipinski definition) is 1. The third-order valence-electron chi connectivity index (χ3n) is 13.5. The molecule has 0 N–H and O–H groups in total. The van der Waals surface area contributed by atoms with Gasteiger partial charge in [-0.3, -0.25) is 0 Å². The van der Waals surface area contributed by atoms with E-state index in [4.69, 9.17) is 0 Å². The summed E-state index contributed by atoms with van der Waals surface area (Å²) in [5, 5.41) is 10.4. The first-order valence-electron chi connectivity index (χ1n) is 25.6. The molecule has 375 valence electrons. The summed E-state index contributed by atoms with van der Waals surface area (Å²) in [6.07, 6.45) is 5.93. The Morgan fingerprint density at radius 2 is 0.493 bits per heavy atom. The molecule has 1 radical (unpaired) electrons. The van der Waals surface area contributed by atoms with E-state index in [-0.39, 0.29) is 24.9 Å². The van der Waals surface area contributed by atoms with E-state index in [2.05, 4.69) is 322 Å². The summed E-state index contributed by atoms with van der Waals surface area (Å²) in [5.74, 6) is 0. The van der Waals surface area contributed by atoms with Crippen molar-refractivity contribution in [2.75, 3.05) is 18.5 Å². The van der Waals surface area contributed by atoms with Gasteiger partial charge >= 0.3 is 0 Å². The molecule has 6 heteroatoms. The van der Waals surface area contributed by atoms with Crippen molar-refractivity contribution in [3.8, 4) is 0 Å². The molecule has 0 nitrogen and oxygen atoms in total. The van der Waals surface area contributed by atoms with Crippen LogP contribution >= 0.6 is 36.0 Å². The molecule has 0 spiro atoms. The summed E-state index contributed by atoms with van der Waals surface area (Å²) >= 11 is 4.44. The maximum atomic E-state index is 4.44. The average Bonchev–Trinajstić information content (AvgIpc) is 3.49. The van der Waals surface area contributed by atoms with E-state index >= 15 is 0 Å². The van der Waals surface area contributed by atoms with Crippen molar-refractivity contribution in [3.05, 3.63) is 315 Å². The van der Waals surface area contributed by atoms with Gasteiger partial charge in [-0.1, -0.05) is 335 Å². The number of thiocarbonyl (C=S) groups is 1. The van der Waals surface area contributed by atoms with E-state index in [1.54, 1.807) is 5.37 Å². The van der Waals surface area contributed by atoms with Crippen molar-refractivity contribution in [2.24, 2.45) is 5.41 Å². The molecule has 10 aromatic carbocycles. The van der Waals surface area contributed by atoms with Gasteiger partial charge < -0.3 is 0 Å². The van der Waals surface area contributed by atoms with E-state index in [0.717, 1.165) is 18.5 Å². The Morgan fingerprint density at radius 3 is 0.640 bits per heavy atom. The molecule has 10 aromatic rings. The van der Waals surface area contributed by atoms with Crippen LogP contribution in [-0.4, -0.2) is 30.0 Å². The second-order valence-electron chi connectivity index (χ2n) is 18.8. The Kier molecular flexibility index (Phi) is 22.6. The third kappa shape index (κ3) is 15.3. The molecule has 0 aliphatic rings. The average molecular weight is 1130 g/mol. The van der Waals surface area contributed by atoms with Crippen LogP contribution in [0.4, 0.5) is 0 Å². The Morgan fingerprint density at radius 1 is 0.320 bits per heavy atom. The van der Waals surface area contributed by atoms with E-state index in [1.165, 1.54) is 53.7 Å². The van der Waals surface area contributed by atoms with Crippen molar-refractivity contribution in [1.82, 2.24) is 0 Å². The molecule has 75 heavy (non-hydrogen) atoms. The first-order valence-corrected chi connectivity index (χ1v) is 30.6. The summed E-state index contributed by atoms with van der Waals surface area (Å²) in [6.45, 7) is 4.54. The Hall–Kier alpha value is -5.99. The van der Waals surface area contributed by atoms with Gasteiger partial charge in [-0.25, -0.2) is 0 Å². The van der Waals surface area contributed by atoms with Gasteiger partial charge in [-0.05, 0) is 86.4 Å². The molecular weight excluding hydrogens is 1070 g/mol. The smallest absolute Gasteiger partial charge is 0.108 e. The van der Waals surface area contributed by atoms with E-state index in [0.29, 0.717) is 0 Å². The van der Waals surface area contributed by atoms with Crippen molar-refractivity contribution in [2.45, 2.75) is 13.8 Å². The number of benzene rings is 10. The zero-order valence-electron chi connectivity index (χ0n) is 42.9. The minimum atomic E-state index is -1.22. The maximum absolute atomic E-state index is 4.44. The fourth-order valence-corrected chi connectivity index (χ4v) is 19.0. The standard InChI is InChI=1S/C41H39P3.C24H20B.C4H6S.Rh/c1-41(32-42(35-20-8-2-9-21-35)36-22-10-3-11-23-36,33-43(37-24-12-4-13-25-37)38-26-14-5-15-27-38)34-44(39-28-16-6-17-29-39)40-30-18-7-19-31-40;1-5-13-21(14-6-1)25(22-15-7-2-8-16-22,23-17-9-3-10-18-23)24-19-11-4-12-20-24;1-2-3-4-5;/h2-31H,32-34H2,1H3;1-20H;2-4H,1H3;/q;-1;;/b;;3-2-;. The van der Waals surface area contributed by atoms with Crippen LogP contribution < -0.4 is 53.7 Å². The van der Waals surface area contributed by atoms with Gasteiger partial charge in [-0.15, -0.1) is 0 Å². The molecule has 0 saturated heterocycles. The quantitative estimate of drug-likeness (QED) is 0.0379. The van der Waals surface area contributed by atoms with Gasteiger partial charge in [0, 0.05) is 24.8 Å². The predicted molar refractivity (Wildman–Crippen MR) is 338 cm³/mol. The van der Waals surface area contributed by atoms with E-state index in [1.807, 2.05) is 19.1 Å².